The van der Waals surface area contributed by atoms with Crippen molar-refractivity contribution in [1.29, 1.82) is 0 Å². The standard InChI is InChI=1S/C19H15ClN6.2ClH/c20-16-17(21)23-19(24-18(16)25-10-2-1-3-11-25)26-12-6-15(7-13-26)14-4-8-22-9-5-14;;/h1-13H,(H2,21,23,24);2*1H/q+2;;/p-2. The molecule has 28 heavy (non-hydrogen) atoms. The Balaban J connectivity index is 0.00000140. The van der Waals surface area contributed by atoms with Crippen LogP contribution in [0, 0.1) is 0 Å². The van der Waals surface area contributed by atoms with E-state index in [1.165, 1.54) is 0 Å². The Morgan fingerprint density at radius 1 is 0.750 bits per heavy atom. The second-order valence-corrected chi connectivity index (χ2v) is 5.94. The van der Waals surface area contributed by atoms with Crippen molar-refractivity contribution in [3.8, 4) is 22.9 Å². The van der Waals surface area contributed by atoms with Crippen LogP contribution in [0.25, 0.3) is 22.9 Å². The summed E-state index contributed by atoms with van der Waals surface area (Å²) >= 11 is 6.31. The Morgan fingerprint density at radius 2 is 1.36 bits per heavy atom. The maximum Gasteiger partial charge on any atom is 0.479 e. The van der Waals surface area contributed by atoms with Crippen LogP contribution in [0.5, 0.6) is 0 Å². The number of pyridine rings is 3. The first-order valence-electron chi connectivity index (χ1n) is 7.94. The molecule has 142 valence electrons. The first-order valence-corrected chi connectivity index (χ1v) is 8.32. The average Bonchev–Trinajstić information content (AvgIpc) is 2.71. The molecule has 0 amide bonds. The summed E-state index contributed by atoms with van der Waals surface area (Å²) in [6.45, 7) is 0. The van der Waals surface area contributed by atoms with Crippen molar-refractivity contribution in [2.24, 2.45) is 0 Å². The number of halogens is 3. The van der Waals surface area contributed by atoms with Gasteiger partial charge in [0.05, 0.1) is 24.8 Å². The molecule has 0 aromatic carbocycles. The summed E-state index contributed by atoms with van der Waals surface area (Å²) in [6, 6.07) is 13.6. The van der Waals surface area contributed by atoms with Gasteiger partial charge in [0.25, 0.3) is 0 Å². The third kappa shape index (κ3) is 4.36. The van der Waals surface area contributed by atoms with Gasteiger partial charge >= 0.3 is 11.8 Å². The van der Waals surface area contributed by atoms with Crippen LogP contribution in [0.4, 0.5) is 5.82 Å². The zero-order valence-corrected chi connectivity index (χ0v) is 16.7. The smallest absolute Gasteiger partial charge is 0.479 e. The van der Waals surface area contributed by atoms with Crippen LogP contribution in [0.1, 0.15) is 0 Å². The molecule has 4 aromatic heterocycles. The van der Waals surface area contributed by atoms with Crippen molar-refractivity contribution < 1.29 is 33.9 Å². The maximum absolute atomic E-state index is 6.31. The number of rotatable bonds is 3. The van der Waals surface area contributed by atoms with Gasteiger partial charge in [0, 0.05) is 17.4 Å². The number of nitrogen functional groups attached to an aromatic ring is 1. The van der Waals surface area contributed by atoms with Gasteiger partial charge in [-0.3, -0.25) is 4.98 Å². The van der Waals surface area contributed by atoms with Crippen molar-refractivity contribution in [2.75, 3.05) is 5.73 Å². The molecule has 0 spiro atoms. The first-order chi connectivity index (χ1) is 12.7. The van der Waals surface area contributed by atoms with Crippen molar-refractivity contribution >= 4 is 17.4 Å². The second kappa shape index (κ2) is 9.41. The minimum atomic E-state index is 0. The number of hydrogen-bond acceptors (Lipinski definition) is 4. The molecule has 0 saturated heterocycles. The molecule has 0 saturated carbocycles. The number of nitrogens with zero attached hydrogens (tertiary/aromatic N) is 5. The van der Waals surface area contributed by atoms with Crippen molar-refractivity contribution in [1.82, 2.24) is 15.0 Å². The molecular formula is C19H15Cl3N6. The third-order valence-corrected chi connectivity index (χ3v) is 4.24. The zero-order chi connectivity index (χ0) is 17.9. The van der Waals surface area contributed by atoms with Gasteiger partial charge in [-0.15, -0.1) is 0 Å². The van der Waals surface area contributed by atoms with Gasteiger partial charge < -0.3 is 30.5 Å². The highest BCUT2D eigenvalue weighted by molar-refractivity contribution is 6.34. The highest BCUT2D eigenvalue weighted by atomic mass is 35.5. The number of hydrogen-bond donors (Lipinski definition) is 1. The van der Waals surface area contributed by atoms with Gasteiger partial charge in [-0.05, 0) is 52.5 Å². The topological polar surface area (TPSA) is 72.4 Å². The molecule has 4 rings (SSSR count). The summed E-state index contributed by atoms with van der Waals surface area (Å²) < 4.78 is 3.60. The van der Waals surface area contributed by atoms with E-state index in [0.717, 1.165) is 11.1 Å². The molecule has 0 bridgehead atoms. The van der Waals surface area contributed by atoms with E-state index in [1.54, 1.807) is 21.5 Å². The van der Waals surface area contributed by atoms with E-state index < -0.39 is 0 Å². The van der Waals surface area contributed by atoms with E-state index in [1.807, 2.05) is 67.3 Å². The van der Waals surface area contributed by atoms with Gasteiger partial charge in [0.15, 0.2) is 5.02 Å². The van der Waals surface area contributed by atoms with Crippen LogP contribution in [0.3, 0.4) is 0 Å². The molecule has 4 heterocycles. The summed E-state index contributed by atoms with van der Waals surface area (Å²) in [4.78, 5) is 12.9. The van der Waals surface area contributed by atoms with E-state index in [4.69, 9.17) is 17.3 Å². The van der Waals surface area contributed by atoms with E-state index in [2.05, 4.69) is 15.0 Å². The summed E-state index contributed by atoms with van der Waals surface area (Å²) in [5.41, 5.74) is 8.16. The minimum absolute atomic E-state index is 0. The van der Waals surface area contributed by atoms with Crippen LogP contribution >= 0.6 is 11.6 Å². The lowest BCUT2D eigenvalue weighted by Crippen LogP contribution is -3.00. The van der Waals surface area contributed by atoms with Crippen molar-refractivity contribution in [3.63, 3.8) is 0 Å². The summed E-state index contributed by atoms with van der Waals surface area (Å²) in [5, 5.41) is 0.318. The van der Waals surface area contributed by atoms with Crippen LogP contribution in [-0.4, -0.2) is 15.0 Å². The number of aromatic nitrogens is 5. The predicted molar refractivity (Wildman–Crippen MR) is 97.7 cm³/mol. The van der Waals surface area contributed by atoms with E-state index in [0.29, 0.717) is 16.8 Å². The molecular weight excluding hydrogens is 419 g/mol. The molecule has 0 aliphatic carbocycles. The Hall–Kier alpha value is -2.80. The van der Waals surface area contributed by atoms with Gasteiger partial charge in [0.2, 0.25) is 5.82 Å². The highest BCUT2D eigenvalue weighted by Crippen LogP contribution is 2.20. The van der Waals surface area contributed by atoms with Crippen LogP contribution in [0.2, 0.25) is 5.02 Å². The van der Waals surface area contributed by atoms with Crippen LogP contribution in [-0.2, 0) is 0 Å². The van der Waals surface area contributed by atoms with Gasteiger partial charge in [-0.1, -0.05) is 17.7 Å². The molecule has 4 aromatic rings. The van der Waals surface area contributed by atoms with Crippen LogP contribution < -0.4 is 39.7 Å². The minimum Gasteiger partial charge on any atom is -1.00 e. The number of nitrogens with two attached hydrogens (primary N) is 1. The Kier molecular flexibility index (Phi) is 7.23. The molecule has 0 atom stereocenters. The summed E-state index contributed by atoms with van der Waals surface area (Å²) in [7, 11) is 0. The lowest BCUT2D eigenvalue weighted by atomic mass is 10.1. The van der Waals surface area contributed by atoms with E-state index in [9.17, 15) is 0 Å². The monoisotopic (exact) mass is 432 g/mol. The molecule has 0 unspecified atom stereocenters. The fraction of sp³-hybridized carbons (Fsp3) is 0. The summed E-state index contributed by atoms with van der Waals surface area (Å²) in [5.74, 6) is 1.20. The van der Waals surface area contributed by atoms with Gasteiger partial charge in [-0.2, -0.15) is 4.57 Å². The average molecular weight is 434 g/mol. The molecule has 9 heteroatoms. The highest BCUT2D eigenvalue weighted by Gasteiger charge is 2.25. The summed E-state index contributed by atoms with van der Waals surface area (Å²) in [6.07, 6.45) is 11.0. The lowest BCUT2D eigenvalue weighted by Gasteiger charge is -2.02. The van der Waals surface area contributed by atoms with E-state index in [-0.39, 0.29) is 30.6 Å². The molecule has 2 N–H and O–H groups in total. The van der Waals surface area contributed by atoms with Crippen LogP contribution in [0.15, 0.2) is 79.6 Å². The molecule has 0 aliphatic rings. The molecule has 0 radical (unpaired) electrons. The Labute approximate surface area is 179 Å². The lowest BCUT2D eigenvalue weighted by molar-refractivity contribution is -0.614. The second-order valence-electron chi connectivity index (χ2n) is 5.56. The SMILES string of the molecule is Nc1nc(-[n+]2ccc(-c3ccncc3)cc2)nc(-[n+]2ccccc2)c1Cl.[Cl-].[Cl-]. The quantitative estimate of drug-likeness (QED) is 0.338. The third-order valence-electron chi connectivity index (χ3n) is 3.88. The maximum atomic E-state index is 6.31. The zero-order valence-electron chi connectivity index (χ0n) is 14.5. The normalized spacial score (nSPS) is 9.89. The Bertz CT molecular complexity index is 1040. The molecule has 0 fully saturated rings. The van der Waals surface area contributed by atoms with Crippen molar-refractivity contribution in [3.05, 3.63) is 84.7 Å². The molecule has 6 nitrogen and oxygen atoms in total. The van der Waals surface area contributed by atoms with E-state index >= 15 is 0 Å². The van der Waals surface area contributed by atoms with Crippen molar-refractivity contribution in [2.45, 2.75) is 0 Å². The fourth-order valence-electron chi connectivity index (χ4n) is 2.56. The fourth-order valence-corrected chi connectivity index (χ4v) is 2.75. The largest absolute Gasteiger partial charge is 1.00 e. The van der Waals surface area contributed by atoms with Gasteiger partial charge in [0.1, 0.15) is 0 Å². The first kappa shape index (κ1) is 21.5. The molecule has 0 aliphatic heterocycles. The van der Waals surface area contributed by atoms with Gasteiger partial charge in [-0.25, -0.2) is 4.57 Å². The number of anilines is 1. The Morgan fingerprint density at radius 3 is 2.00 bits per heavy atom. The predicted octanol–water partition coefficient (Wildman–Crippen LogP) is -3.66.